The lowest BCUT2D eigenvalue weighted by Gasteiger charge is -2.12. The van der Waals surface area contributed by atoms with Gasteiger partial charge in [0.25, 0.3) is 0 Å². The molecule has 1 nitrogen and oxygen atoms in total. The Hall–Kier alpha value is -2.28. The standard InChI is InChI=1S/C17H15N/c1-2-14(13-8-4-3-5-9-13)16-12-18-17-11-7-6-10-15(16)17/h2-12,14,18H,1H2/t14-/m1/s1. The summed E-state index contributed by atoms with van der Waals surface area (Å²) in [7, 11) is 0. The number of nitrogens with one attached hydrogen (secondary N) is 1. The van der Waals surface area contributed by atoms with Crippen LogP contribution in [-0.4, -0.2) is 4.98 Å². The number of rotatable bonds is 3. The topological polar surface area (TPSA) is 15.8 Å². The van der Waals surface area contributed by atoms with Crippen molar-refractivity contribution < 1.29 is 0 Å². The van der Waals surface area contributed by atoms with Gasteiger partial charge in [0.05, 0.1) is 0 Å². The zero-order valence-electron chi connectivity index (χ0n) is 10.1. The summed E-state index contributed by atoms with van der Waals surface area (Å²) in [6.45, 7) is 3.99. The van der Waals surface area contributed by atoms with Crippen molar-refractivity contribution in [2.45, 2.75) is 5.92 Å². The van der Waals surface area contributed by atoms with Gasteiger partial charge in [0.1, 0.15) is 0 Å². The maximum absolute atomic E-state index is 3.99. The molecule has 0 aliphatic rings. The molecule has 2 aromatic carbocycles. The molecule has 0 bridgehead atoms. The van der Waals surface area contributed by atoms with Crippen LogP contribution in [0.4, 0.5) is 0 Å². The highest BCUT2D eigenvalue weighted by Gasteiger charge is 2.13. The van der Waals surface area contributed by atoms with E-state index in [2.05, 4.69) is 60.2 Å². The lowest BCUT2D eigenvalue weighted by molar-refractivity contribution is 1.04. The maximum atomic E-state index is 3.99. The molecule has 88 valence electrons. The third kappa shape index (κ3) is 1.74. The van der Waals surface area contributed by atoms with E-state index in [-0.39, 0.29) is 5.92 Å². The molecule has 0 aliphatic carbocycles. The molecule has 1 heteroatoms. The number of hydrogen-bond donors (Lipinski definition) is 1. The van der Waals surface area contributed by atoms with Gasteiger partial charge in [-0.3, -0.25) is 0 Å². The molecule has 0 radical (unpaired) electrons. The summed E-state index contributed by atoms with van der Waals surface area (Å²) >= 11 is 0. The van der Waals surface area contributed by atoms with Crippen LogP contribution >= 0.6 is 0 Å². The Balaban J connectivity index is 2.15. The van der Waals surface area contributed by atoms with E-state index in [0.717, 1.165) is 0 Å². The van der Waals surface area contributed by atoms with Crippen LogP contribution in [0.15, 0.2) is 73.4 Å². The molecule has 0 saturated heterocycles. The lowest BCUT2D eigenvalue weighted by atomic mass is 9.91. The Morgan fingerprint density at radius 3 is 2.44 bits per heavy atom. The molecule has 1 N–H and O–H groups in total. The fourth-order valence-electron chi connectivity index (χ4n) is 2.45. The second-order valence-corrected chi connectivity index (χ2v) is 4.41. The van der Waals surface area contributed by atoms with Crippen LogP contribution in [0.3, 0.4) is 0 Å². The minimum atomic E-state index is 0.238. The molecule has 0 aliphatic heterocycles. The molecule has 3 aromatic rings. The van der Waals surface area contributed by atoms with Gasteiger partial charge in [0, 0.05) is 23.0 Å². The number of aromatic nitrogens is 1. The fraction of sp³-hybridized carbons (Fsp3) is 0.0588. The number of H-pyrrole nitrogens is 1. The Bertz CT molecular complexity index is 664. The Morgan fingerprint density at radius 1 is 0.944 bits per heavy atom. The van der Waals surface area contributed by atoms with E-state index in [1.54, 1.807) is 0 Å². The van der Waals surface area contributed by atoms with Crippen molar-refractivity contribution in [2.75, 3.05) is 0 Å². The van der Waals surface area contributed by atoms with E-state index in [1.165, 1.54) is 22.0 Å². The van der Waals surface area contributed by atoms with E-state index < -0.39 is 0 Å². The van der Waals surface area contributed by atoms with Crippen LogP contribution in [-0.2, 0) is 0 Å². The third-order valence-electron chi connectivity index (χ3n) is 3.35. The summed E-state index contributed by atoms with van der Waals surface area (Å²) in [5, 5.41) is 1.27. The van der Waals surface area contributed by atoms with Gasteiger partial charge in [-0.2, -0.15) is 0 Å². The average molecular weight is 233 g/mol. The molecule has 1 atom stereocenters. The Morgan fingerprint density at radius 2 is 1.67 bits per heavy atom. The van der Waals surface area contributed by atoms with Crippen LogP contribution < -0.4 is 0 Å². The van der Waals surface area contributed by atoms with E-state index in [1.807, 2.05) is 18.2 Å². The first-order chi connectivity index (χ1) is 8.90. The highest BCUT2D eigenvalue weighted by molar-refractivity contribution is 5.84. The van der Waals surface area contributed by atoms with Gasteiger partial charge in [-0.1, -0.05) is 54.6 Å². The number of fused-ring (bicyclic) bond motifs is 1. The quantitative estimate of drug-likeness (QED) is 0.642. The first-order valence-electron chi connectivity index (χ1n) is 6.13. The zero-order chi connectivity index (χ0) is 12.4. The summed E-state index contributed by atoms with van der Waals surface area (Å²) in [5.74, 6) is 0.238. The third-order valence-corrected chi connectivity index (χ3v) is 3.35. The molecular weight excluding hydrogens is 218 g/mol. The summed E-state index contributed by atoms with van der Waals surface area (Å²) in [4.78, 5) is 3.32. The molecule has 0 fully saturated rings. The smallest absolute Gasteiger partial charge is 0.0457 e. The monoisotopic (exact) mass is 233 g/mol. The second kappa shape index (κ2) is 4.53. The lowest BCUT2D eigenvalue weighted by Crippen LogP contribution is -1.95. The number of aromatic amines is 1. The average Bonchev–Trinajstić information content (AvgIpc) is 2.85. The van der Waals surface area contributed by atoms with E-state index >= 15 is 0 Å². The number of hydrogen-bond acceptors (Lipinski definition) is 0. The number of allylic oxidation sites excluding steroid dienone is 1. The molecule has 0 unspecified atom stereocenters. The highest BCUT2D eigenvalue weighted by Crippen LogP contribution is 2.31. The van der Waals surface area contributed by atoms with Crippen molar-refractivity contribution in [3.05, 3.63) is 84.6 Å². The minimum Gasteiger partial charge on any atom is -0.361 e. The van der Waals surface area contributed by atoms with Gasteiger partial charge in [-0.15, -0.1) is 6.58 Å². The van der Waals surface area contributed by atoms with Crippen molar-refractivity contribution in [2.24, 2.45) is 0 Å². The van der Waals surface area contributed by atoms with Crippen LogP contribution in [0.25, 0.3) is 10.9 Å². The molecule has 0 amide bonds. The molecule has 18 heavy (non-hydrogen) atoms. The molecule has 3 rings (SSSR count). The molecule has 1 heterocycles. The van der Waals surface area contributed by atoms with E-state index in [9.17, 15) is 0 Å². The van der Waals surface area contributed by atoms with Crippen LogP contribution in [0.1, 0.15) is 17.0 Å². The highest BCUT2D eigenvalue weighted by atomic mass is 14.7. The van der Waals surface area contributed by atoms with Gasteiger partial charge in [0.15, 0.2) is 0 Å². The van der Waals surface area contributed by atoms with Gasteiger partial charge in [0.2, 0.25) is 0 Å². The zero-order valence-corrected chi connectivity index (χ0v) is 10.1. The van der Waals surface area contributed by atoms with Crippen molar-refractivity contribution in [3.63, 3.8) is 0 Å². The van der Waals surface area contributed by atoms with Crippen molar-refractivity contribution in [1.29, 1.82) is 0 Å². The van der Waals surface area contributed by atoms with Gasteiger partial charge >= 0.3 is 0 Å². The second-order valence-electron chi connectivity index (χ2n) is 4.41. The SMILES string of the molecule is C=C[C@H](c1ccccc1)c1c[nH]c2ccccc12. The summed E-state index contributed by atoms with van der Waals surface area (Å²) in [6.07, 6.45) is 4.09. The summed E-state index contributed by atoms with van der Waals surface area (Å²) < 4.78 is 0. The predicted molar refractivity (Wildman–Crippen MR) is 76.8 cm³/mol. The molecule has 1 aromatic heterocycles. The minimum absolute atomic E-state index is 0.238. The summed E-state index contributed by atoms with van der Waals surface area (Å²) in [6, 6.07) is 18.9. The first-order valence-corrected chi connectivity index (χ1v) is 6.13. The molecular formula is C17H15N. The maximum Gasteiger partial charge on any atom is 0.0457 e. The van der Waals surface area contributed by atoms with E-state index in [4.69, 9.17) is 0 Å². The van der Waals surface area contributed by atoms with Crippen molar-refractivity contribution >= 4 is 10.9 Å². The number of benzene rings is 2. The van der Waals surface area contributed by atoms with Crippen molar-refractivity contribution in [1.82, 2.24) is 4.98 Å². The largest absolute Gasteiger partial charge is 0.361 e. The van der Waals surface area contributed by atoms with Gasteiger partial charge < -0.3 is 4.98 Å². The van der Waals surface area contributed by atoms with Gasteiger partial charge in [-0.05, 0) is 17.2 Å². The molecule has 0 saturated carbocycles. The normalized spacial score (nSPS) is 12.4. The fourth-order valence-corrected chi connectivity index (χ4v) is 2.45. The molecule has 0 spiro atoms. The first kappa shape index (κ1) is 10.8. The predicted octanol–water partition coefficient (Wildman–Crippen LogP) is 4.49. The van der Waals surface area contributed by atoms with Crippen LogP contribution in [0, 0.1) is 0 Å². The Labute approximate surface area is 107 Å². The summed E-state index contributed by atoms with van der Waals surface area (Å²) in [5.41, 5.74) is 3.74. The van der Waals surface area contributed by atoms with Crippen LogP contribution in [0.2, 0.25) is 0 Å². The Kier molecular flexibility index (Phi) is 2.73. The van der Waals surface area contributed by atoms with Gasteiger partial charge in [-0.25, -0.2) is 0 Å². The van der Waals surface area contributed by atoms with Crippen LogP contribution in [0.5, 0.6) is 0 Å². The van der Waals surface area contributed by atoms with Crippen molar-refractivity contribution in [3.8, 4) is 0 Å². The van der Waals surface area contributed by atoms with E-state index in [0.29, 0.717) is 0 Å². The number of para-hydroxylation sites is 1.